The SMILES string of the molecule is COC(=O)c1ccc(C(N)c2ccc(Cl)c(C)c2)o1. The van der Waals surface area contributed by atoms with Crippen molar-refractivity contribution in [2.45, 2.75) is 13.0 Å². The van der Waals surface area contributed by atoms with Gasteiger partial charge in [0, 0.05) is 5.02 Å². The van der Waals surface area contributed by atoms with Crippen molar-refractivity contribution in [1.82, 2.24) is 0 Å². The van der Waals surface area contributed by atoms with Gasteiger partial charge in [0.05, 0.1) is 13.2 Å². The van der Waals surface area contributed by atoms with Crippen LogP contribution in [0, 0.1) is 6.92 Å². The highest BCUT2D eigenvalue weighted by atomic mass is 35.5. The number of methoxy groups -OCH3 is 1. The maximum absolute atomic E-state index is 11.3. The second kappa shape index (κ2) is 5.47. The zero-order valence-electron chi connectivity index (χ0n) is 10.6. The average molecular weight is 280 g/mol. The summed E-state index contributed by atoms with van der Waals surface area (Å²) in [6.45, 7) is 1.90. The predicted molar refractivity (Wildman–Crippen MR) is 72.3 cm³/mol. The number of carbonyl (C=O) groups is 1. The summed E-state index contributed by atoms with van der Waals surface area (Å²) in [5, 5.41) is 0.686. The molecular weight excluding hydrogens is 266 g/mol. The Labute approximate surface area is 116 Å². The molecule has 0 bridgehead atoms. The summed E-state index contributed by atoms with van der Waals surface area (Å²) in [7, 11) is 1.30. The van der Waals surface area contributed by atoms with Gasteiger partial charge in [0.25, 0.3) is 0 Å². The summed E-state index contributed by atoms with van der Waals surface area (Å²) in [4.78, 5) is 11.3. The van der Waals surface area contributed by atoms with Gasteiger partial charge < -0.3 is 14.9 Å². The van der Waals surface area contributed by atoms with Crippen LogP contribution in [-0.2, 0) is 4.74 Å². The summed E-state index contributed by atoms with van der Waals surface area (Å²) in [5.41, 5.74) is 7.91. The highest BCUT2D eigenvalue weighted by Crippen LogP contribution is 2.25. The molecule has 1 aromatic carbocycles. The van der Waals surface area contributed by atoms with E-state index in [4.69, 9.17) is 21.8 Å². The summed E-state index contributed by atoms with van der Waals surface area (Å²) in [5.74, 6) is 0.117. The molecule has 0 aliphatic carbocycles. The number of halogens is 1. The summed E-state index contributed by atoms with van der Waals surface area (Å²) >= 11 is 5.97. The molecule has 0 aliphatic rings. The topological polar surface area (TPSA) is 65.5 Å². The lowest BCUT2D eigenvalue weighted by Crippen LogP contribution is -2.11. The van der Waals surface area contributed by atoms with Gasteiger partial charge in [-0.15, -0.1) is 0 Å². The van der Waals surface area contributed by atoms with E-state index >= 15 is 0 Å². The van der Waals surface area contributed by atoms with Crippen LogP contribution >= 0.6 is 11.6 Å². The molecule has 5 heteroatoms. The minimum absolute atomic E-state index is 0.138. The molecule has 0 amide bonds. The first-order valence-electron chi connectivity index (χ1n) is 5.72. The molecule has 1 unspecified atom stereocenters. The van der Waals surface area contributed by atoms with E-state index in [9.17, 15) is 4.79 Å². The number of carbonyl (C=O) groups excluding carboxylic acids is 1. The molecule has 2 aromatic rings. The summed E-state index contributed by atoms with van der Waals surface area (Å²) in [6.07, 6.45) is 0. The molecular formula is C14H14ClNO3. The third-order valence-electron chi connectivity index (χ3n) is 2.86. The van der Waals surface area contributed by atoms with Crippen LogP contribution in [0.15, 0.2) is 34.7 Å². The molecule has 2 N–H and O–H groups in total. The smallest absolute Gasteiger partial charge is 0.373 e. The maximum atomic E-state index is 11.3. The molecule has 0 radical (unpaired) electrons. The van der Waals surface area contributed by atoms with Crippen LogP contribution in [0.1, 0.15) is 33.5 Å². The molecule has 1 heterocycles. The number of nitrogens with two attached hydrogens (primary N) is 1. The molecule has 2 rings (SSSR count). The molecule has 0 aliphatic heterocycles. The van der Waals surface area contributed by atoms with Gasteiger partial charge in [-0.05, 0) is 36.2 Å². The number of aryl methyl sites for hydroxylation is 1. The quantitative estimate of drug-likeness (QED) is 0.877. The van der Waals surface area contributed by atoms with E-state index in [1.807, 2.05) is 19.1 Å². The molecule has 0 saturated carbocycles. The van der Waals surface area contributed by atoms with Crippen LogP contribution in [0.25, 0.3) is 0 Å². The fourth-order valence-electron chi connectivity index (χ4n) is 1.76. The number of esters is 1. The minimum atomic E-state index is -0.522. The summed E-state index contributed by atoms with van der Waals surface area (Å²) in [6, 6.07) is 8.28. The predicted octanol–water partition coefficient (Wildman–Crippen LogP) is 3.08. The van der Waals surface area contributed by atoms with E-state index < -0.39 is 12.0 Å². The van der Waals surface area contributed by atoms with Crippen LogP contribution in [-0.4, -0.2) is 13.1 Å². The van der Waals surface area contributed by atoms with E-state index in [0.29, 0.717) is 10.8 Å². The fourth-order valence-corrected chi connectivity index (χ4v) is 1.87. The van der Waals surface area contributed by atoms with Gasteiger partial charge in [-0.25, -0.2) is 4.79 Å². The molecule has 0 saturated heterocycles. The number of furan rings is 1. The Morgan fingerprint density at radius 2 is 2.11 bits per heavy atom. The second-order valence-corrected chi connectivity index (χ2v) is 4.59. The Bertz CT molecular complexity index is 606. The van der Waals surface area contributed by atoms with Gasteiger partial charge in [0.2, 0.25) is 5.76 Å². The Kier molecular flexibility index (Phi) is 3.93. The monoisotopic (exact) mass is 279 g/mol. The first kappa shape index (κ1) is 13.6. The fraction of sp³-hybridized carbons (Fsp3) is 0.214. The van der Waals surface area contributed by atoms with Gasteiger partial charge in [0.1, 0.15) is 5.76 Å². The van der Waals surface area contributed by atoms with Gasteiger partial charge >= 0.3 is 5.97 Å². The highest BCUT2D eigenvalue weighted by molar-refractivity contribution is 6.31. The van der Waals surface area contributed by atoms with Gasteiger partial charge in [-0.2, -0.15) is 0 Å². The Balaban J connectivity index is 2.28. The molecule has 1 aromatic heterocycles. The number of ether oxygens (including phenoxy) is 1. The maximum Gasteiger partial charge on any atom is 0.373 e. The van der Waals surface area contributed by atoms with Crippen molar-refractivity contribution in [3.8, 4) is 0 Å². The van der Waals surface area contributed by atoms with Crippen molar-refractivity contribution in [3.05, 3.63) is 58.0 Å². The minimum Gasteiger partial charge on any atom is -0.463 e. The van der Waals surface area contributed by atoms with Crippen LogP contribution in [0.4, 0.5) is 0 Å². The number of hydrogen-bond donors (Lipinski definition) is 1. The van der Waals surface area contributed by atoms with Crippen LogP contribution < -0.4 is 5.73 Å². The standard InChI is InChI=1S/C14H14ClNO3/c1-8-7-9(3-4-10(8)15)13(16)11-5-6-12(19-11)14(17)18-2/h3-7,13H,16H2,1-2H3. The van der Waals surface area contributed by atoms with Crippen molar-refractivity contribution in [2.75, 3.05) is 7.11 Å². The van der Waals surface area contributed by atoms with E-state index in [0.717, 1.165) is 11.1 Å². The van der Waals surface area contributed by atoms with Crippen LogP contribution in [0.5, 0.6) is 0 Å². The van der Waals surface area contributed by atoms with Crippen molar-refractivity contribution in [3.63, 3.8) is 0 Å². The average Bonchev–Trinajstić information content (AvgIpc) is 2.89. The first-order valence-corrected chi connectivity index (χ1v) is 6.10. The third kappa shape index (κ3) is 2.80. The summed E-state index contributed by atoms with van der Waals surface area (Å²) < 4.78 is 9.97. The lowest BCUT2D eigenvalue weighted by Gasteiger charge is -2.10. The molecule has 4 nitrogen and oxygen atoms in total. The second-order valence-electron chi connectivity index (χ2n) is 4.18. The highest BCUT2D eigenvalue weighted by Gasteiger charge is 2.17. The molecule has 100 valence electrons. The Morgan fingerprint density at radius 3 is 2.74 bits per heavy atom. The van der Waals surface area contributed by atoms with Gasteiger partial charge in [-0.1, -0.05) is 23.7 Å². The zero-order chi connectivity index (χ0) is 14.0. The van der Waals surface area contributed by atoms with E-state index in [-0.39, 0.29) is 5.76 Å². The van der Waals surface area contributed by atoms with Crippen molar-refractivity contribution in [1.29, 1.82) is 0 Å². The lowest BCUT2D eigenvalue weighted by atomic mass is 10.0. The largest absolute Gasteiger partial charge is 0.463 e. The number of rotatable bonds is 3. The first-order chi connectivity index (χ1) is 9.02. The zero-order valence-corrected chi connectivity index (χ0v) is 11.4. The number of benzene rings is 1. The van der Waals surface area contributed by atoms with Crippen molar-refractivity contribution in [2.24, 2.45) is 5.73 Å². The Hall–Kier alpha value is -1.78. The van der Waals surface area contributed by atoms with E-state index in [1.54, 1.807) is 18.2 Å². The molecule has 19 heavy (non-hydrogen) atoms. The molecule has 0 spiro atoms. The van der Waals surface area contributed by atoms with Crippen molar-refractivity contribution < 1.29 is 13.9 Å². The molecule has 1 atom stereocenters. The molecule has 0 fully saturated rings. The Morgan fingerprint density at radius 1 is 1.37 bits per heavy atom. The van der Waals surface area contributed by atoms with Gasteiger partial charge in [0.15, 0.2) is 0 Å². The van der Waals surface area contributed by atoms with Crippen LogP contribution in [0.2, 0.25) is 5.02 Å². The van der Waals surface area contributed by atoms with Crippen LogP contribution in [0.3, 0.4) is 0 Å². The van der Waals surface area contributed by atoms with E-state index in [1.165, 1.54) is 7.11 Å². The van der Waals surface area contributed by atoms with E-state index in [2.05, 4.69) is 4.74 Å². The third-order valence-corrected chi connectivity index (χ3v) is 3.29. The lowest BCUT2D eigenvalue weighted by molar-refractivity contribution is 0.0562. The normalized spacial score (nSPS) is 12.2. The van der Waals surface area contributed by atoms with Crippen molar-refractivity contribution >= 4 is 17.6 Å². The van der Waals surface area contributed by atoms with Gasteiger partial charge in [-0.3, -0.25) is 0 Å². The number of hydrogen-bond acceptors (Lipinski definition) is 4.